The van der Waals surface area contributed by atoms with Crippen molar-refractivity contribution in [2.45, 2.75) is 20.8 Å². The summed E-state index contributed by atoms with van der Waals surface area (Å²) >= 11 is 0. The molecule has 1 saturated heterocycles. The number of aryl methyl sites for hydroxylation is 2. The maximum atomic E-state index is 13.2. The predicted molar refractivity (Wildman–Crippen MR) is 122 cm³/mol. The van der Waals surface area contributed by atoms with E-state index in [1.165, 1.54) is 13.2 Å². The van der Waals surface area contributed by atoms with Crippen molar-refractivity contribution in [3.8, 4) is 11.4 Å². The number of methoxy groups -OCH3 is 1. The van der Waals surface area contributed by atoms with Gasteiger partial charge < -0.3 is 9.30 Å². The van der Waals surface area contributed by atoms with E-state index in [9.17, 15) is 14.4 Å². The molecule has 3 aromatic rings. The van der Waals surface area contributed by atoms with E-state index in [2.05, 4.69) is 9.88 Å². The molecule has 4 amide bonds. The summed E-state index contributed by atoms with van der Waals surface area (Å²) in [7, 11) is 1.53. The van der Waals surface area contributed by atoms with Gasteiger partial charge in [-0.1, -0.05) is 17.7 Å². The Balaban J connectivity index is 1.73. The van der Waals surface area contributed by atoms with Gasteiger partial charge in [0, 0.05) is 17.1 Å². The van der Waals surface area contributed by atoms with Crippen LogP contribution in [-0.4, -0.2) is 29.5 Å². The van der Waals surface area contributed by atoms with Gasteiger partial charge in [-0.2, -0.15) is 0 Å². The first-order valence-corrected chi connectivity index (χ1v) is 10.1. The maximum absolute atomic E-state index is 13.2. The zero-order valence-corrected chi connectivity index (χ0v) is 18.3. The van der Waals surface area contributed by atoms with E-state index in [1.54, 1.807) is 24.3 Å². The molecule has 0 aliphatic carbocycles. The van der Waals surface area contributed by atoms with Crippen molar-refractivity contribution < 1.29 is 19.1 Å². The van der Waals surface area contributed by atoms with Gasteiger partial charge in [0.25, 0.3) is 11.8 Å². The van der Waals surface area contributed by atoms with E-state index in [-0.39, 0.29) is 5.57 Å². The average molecular weight is 429 g/mol. The molecule has 1 N–H and O–H groups in total. The highest BCUT2D eigenvalue weighted by Gasteiger charge is 2.37. The smallest absolute Gasteiger partial charge is 0.335 e. The van der Waals surface area contributed by atoms with Gasteiger partial charge in [0.15, 0.2) is 0 Å². The lowest BCUT2D eigenvalue weighted by atomic mass is 10.1. The fourth-order valence-corrected chi connectivity index (χ4v) is 3.80. The Morgan fingerprint density at radius 2 is 1.50 bits per heavy atom. The van der Waals surface area contributed by atoms with Gasteiger partial charge in [0.05, 0.1) is 12.8 Å². The molecule has 1 fully saturated rings. The van der Waals surface area contributed by atoms with Gasteiger partial charge in [-0.25, -0.2) is 9.69 Å². The topological polar surface area (TPSA) is 80.6 Å². The standard InChI is InChI=1S/C25H23N3O4/c1-15-5-7-19(8-6-15)27-16(2)13-18(17(27)3)14-22-23(29)26-25(31)28(24(22)30)20-9-11-21(32-4)12-10-20/h5-14H,1-4H3,(H,26,29,31)/b22-14+. The number of anilines is 1. The van der Waals surface area contributed by atoms with E-state index in [4.69, 9.17) is 4.74 Å². The molecule has 0 bridgehead atoms. The van der Waals surface area contributed by atoms with E-state index in [0.29, 0.717) is 11.4 Å². The molecule has 1 aromatic heterocycles. The number of aromatic nitrogens is 1. The average Bonchev–Trinajstić information content (AvgIpc) is 3.05. The fourth-order valence-electron chi connectivity index (χ4n) is 3.80. The Labute approximate surface area is 185 Å². The van der Waals surface area contributed by atoms with E-state index < -0.39 is 17.8 Å². The molecule has 1 aliphatic heterocycles. The van der Waals surface area contributed by atoms with Gasteiger partial charge >= 0.3 is 6.03 Å². The van der Waals surface area contributed by atoms with Gasteiger partial charge in [-0.3, -0.25) is 14.9 Å². The van der Waals surface area contributed by atoms with Crippen molar-refractivity contribution >= 4 is 29.6 Å². The van der Waals surface area contributed by atoms with Gasteiger partial charge in [0.2, 0.25) is 0 Å². The third-order valence-electron chi connectivity index (χ3n) is 5.49. The SMILES string of the molecule is COc1ccc(N2C(=O)NC(=O)/C(=C\c3cc(C)n(-c4ccc(C)cc4)c3C)C2=O)cc1. The first-order chi connectivity index (χ1) is 15.3. The number of rotatable bonds is 4. The molecule has 7 nitrogen and oxygen atoms in total. The number of carbonyl (C=O) groups is 3. The molecule has 2 heterocycles. The molecule has 0 saturated carbocycles. The summed E-state index contributed by atoms with van der Waals surface area (Å²) in [5.74, 6) is -0.803. The third-order valence-corrected chi connectivity index (χ3v) is 5.49. The monoisotopic (exact) mass is 429 g/mol. The number of imide groups is 2. The minimum atomic E-state index is -0.785. The highest BCUT2D eigenvalue weighted by Crippen LogP contribution is 2.27. The second-order valence-electron chi connectivity index (χ2n) is 7.65. The van der Waals surface area contributed by atoms with Crippen LogP contribution in [0.1, 0.15) is 22.5 Å². The van der Waals surface area contributed by atoms with Crippen LogP contribution in [0.4, 0.5) is 10.5 Å². The fraction of sp³-hybridized carbons (Fsp3) is 0.160. The molecule has 162 valence electrons. The Bertz CT molecular complexity index is 1250. The number of carbonyl (C=O) groups excluding carboxylic acids is 3. The van der Waals surface area contributed by atoms with Crippen LogP contribution in [0.5, 0.6) is 5.75 Å². The Hall–Kier alpha value is -4.13. The maximum Gasteiger partial charge on any atom is 0.335 e. The van der Waals surface area contributed by atoms with Crippen molar-refractivity contribution in [1.82, 2.24) is 9.88 Å². The minimum Gasteiger partial charge on any atom is -0.497 e. The van der Waals surface area contributed by atoms with Gasteiger partial charge in [-0.05, 0) is 74.9 Å². The van der Waals surface area contributed by atoms with Crippen LogP contribution >= 0.6 is 0 Å². The molecule has 0 spiro atoms. The van der Waals surface area contributed by atoms with Crippen molar-refractivity contribution in [3.63, 3.8) is 0 Å². The molecule has 32 heavy (non-hydrogen) atoms. The summed E-state index contributed by atoms with van der Waals surface area (Å²) in [6, 6.07) is 15.7. The van der Waals surface area contributed by atoms with Crippen LogP contribution in [0, 0.1) is 20.8 Å². The van der Waals surface area contributed by atoms with E-state index in [1.807, 2.05) is 51.1 Å². The zero-order valence-electron chi connectivity index (χ0n) is 18.3. The quantitative estimate of drug-likeness (QED) is 0.501. The van der Waals surface area contributed by atoms with E-state index in [0.717, 1.165) is 33.1 Å². The Morgan fingerprint density at radius 3 is 2.12 bits per heavy atom. The molecular weight excluding hydrogens is 406 g/mol. The lowest BCUT2D eigenvalue weighted by Crippen LogP contribution is -2.54. The number of nitrogens with zero attached hydrogens (tertiary/aromatic N) is 2. The number of nitrogens with one attached hydrogen (secondary N) is 1. The normalized spacial score (nSPS) is 15.3. The van der Waals surface area contributed by atoms with Gasteiger partial charge in [0.1, 0.15) is 11.3 Å². The molecule has 2 aromatic carbocycles. The van der Waals surface area contributed by atoms with Crippen molar-refractivity contribution in [1.29, 1.82) is 0 Å². The lowest BCUT2D eigenvalue weighted by molar-refractivity contribution is -0.122. The number of ether oxygens (including phenoxy) is 1. The second kappa shape index (κ2) is 8.19. The third kappa shape index (κ3) is 3.69. The summed E-state index contributed by atoms with van der Waals surface area (Å²) in [6.07, 6.45) is 1.54. The van der Waals surface area contributed by atoms with Crippen molar-refractivity contribution in [2.75, 3.05) is 12.0 Å². The molecular formula is C25H23N3O4. The first kappa shape index (κ1) is 21.1. The Kier molecular flexibility index (Phi) is 5.40. The highest BCUT2D eigenvalue weighted by atomic mass is 16.5. The van der Waals surface area contributed by atoms with Crippen LogP contribution in [0.15, 0.2) is 60.2 Å². The number of hydrogen-bond donors (Lipinski definition) is 1. The molecule has 7 heteroatoms. The zero-order chi connectivity index (χ0) is 23.0. The number of hydrogen-bond acceptors (Lipinski definition) is 4. The number of benzene rings is 2. The lowest BCUT2D eigenvalue weighted by Gasteiger charge is -2.26. The number of urea groups is 1. The number of barbiturate groups is 1. The molecule has 0 unspecified atom stereocenters. The van der Waals surface area contributed by atoms with Crippen molar-refractivity contribution in [2.24, 2.45) is 0 Å². The molecule has 4 rings (SSSR count). The summed E-state index contributed by atoms with van der Waals surface area (Å²) in [4.78, 5) is 39.1. The van der Waals surface area contributed by atoms with Crippen molar-refractivity contribution in [3.05, 3.63) is 82.7 Å². The summed E-state index contributed by atoms with van der Waals surface area (Å²) in [5.41, 5.74) is 4.96. The van der Waals surface area contributed by atoms with Gasteiger partial charge in [-0.15, -0.1) is 0 Å². The molecule has 0 radical (unpaired) electrons. The predicted octanol–water partition coefficient (Wildman–Crippen LogP) is 4.08. The largest absolute Gasteiger partial charge is 0.497 e. The van der Waals surface area contributed by atoms with Crippen LogP contribution in [0.2, 0.25) is 0 Å². The summed E-state index contributed by atoms with van der Waals surface area (Å²) in [5, 5.41) is 2.26. The first-order valence-electron chi connectivity index (χ1n) is 10.1. The summed E-state index contributed by atoms with van der Waals surface area (Å²) in [6.45, 7) is 5.92. The van der Waals surface area contributed by atoms with E-state index >= 15 is 0 Å². The number of amides is 4. The molecule has 0 atom stereocenters. The van der Waals surface area contributed by atoms with Crippen LogP contribution in [-0.2, 0) is 9.59 Å². The van der Waals surface area contributed by atoms with Crippen LogP contribution in [0.3, 0.4) is 0 Å². The Morgan fingerprint density at radius 1 is 0.875 bits per heavy atom. The second-order valence-corrected chi connectivity index (χ2v) is 7.65. The summed E-state index contributed by atoms with van der Waals surface area (Å²) < 4.78 is 7.18. The highest BCUT2D eigenvalue weighted by molar-refractivity contribution is 6.39. The molecule has 1 aliphatic rings. The minimum absolute atomic E-state index is 0.107. The van der Waals surface area contributed by atoms with Crippen LogP contribution < -0.4 is 15.0 Å². The van der Waals surface area contributed by atoms with Crippen LogP contribution in [0.25, 0.3) is 11.8 Å².